The second-order valence-electron chi connectivity index (χ2n) is 6.24. The van der Waals surface area contributed by atoms with Gasteiger partial charge in [0.2, 0.25) is 15.0 Å². The van der Waals surface area contributed by atoms with Crippen molar-refractivity contribution in [3.63, 3.8) is 0 Å². The van der Waals surface area contributed by atoms with Gasteiger partial charge in [0.25, 0.3) is 0 Å². The number of hydrogen-bond donors (Lipinski definition) is 0. The summed E-state index contributed by atoms with van der Waals surface area (Å²) in [5, 5.41) is 14.9. The first-order valence-corrected chi connectivity index (χ1v) is 11.4. The first-order chi connectivity index (χ1) is 12.3. The molecule has 3 heterocycles. The molecule has 7 nitrogen and oxygen atoms in total. The summed E-state index contributed by atoms with van der Waals surface area (Å²) in [4.78, 5) is 0.650. The monoisotopic (exact) mass is 431 g/mol. The van der Waals surface area contributed by atoms with Gasteiger partial charge >= 0.3 is 0 Å². The Labute approximate surface area is 164 Å². The SMILES string of the molecule is CS(=O)(=O)N1CCCC(c2nnc3sc(-c4ccc(Cl)cc4Cl)nn23)C1. The zero-order valence-corrected chi connectivity index (χ0v) is 16.9. The number of rotatable bonds is 3. The predicted octanol–water partition coefficient (Wildman–Crippen LogP) is 3.30. The van der Waals surface area contributed by atoms with Crippen LogP contribution < -0.4 is 0 Å². The van der Waals surface area contributed by atoms with Crippen molar-refractivity contribution in [2.75, 3.05) is 19.3 Å². The van der Waals surface area contributed by atoms with E-state index >= 15 is 0 Å². The van der Waals surface area contributed by atoms with E-state index in [2.05, 4.69) is 15.3 Å². The van der Waals surface area contributed by atoms with Gasteiger partial charge in [-0.2, -0.15) is 9.61 Å². The third kappa shape index (κ3) is 3.34. The van der Waals surface area contributed by atoms with Gasteiger partial charge in [-0.1, -0.05) is 34.5 Å². The van der Waals surface area contributed by atoms with Crippen LogP contribution in [0.1, 0.15) is 24.6 Å². The topological polar surface area (TPSA) is 80.5 Å². The molecule has 26 heavy (non-hydrogen) atoms. The van der Waals surface area contributed by atoms with Gasteiger partial charge in [0.05, 0.1) is 11.3 Å². The molecule has 11 heteroatoms. The molecular weight excluding hydrogens is 417 g/mol. The highest BCUT2D eigenvalue weighted by Gasteiger charge is 2.30. The molecule has 0 radical (unpaired) electrons. The zero-order valence-electron chi connectivity index (χ0n) is 13.8. The normalized spacial score (nSPS) is 19.3. The molecule has 138 valence electrons. The summed E-state index contributed by atoms with van der Waals surface area (Å²) >= 11 is 13.6. The van der Waals surface area contributed by atoms with Crippen LogP contribution in [0, 0.1) is 0 Å². The highest BCUT2D eigenvalue weighted by atomic mass is 35.5. The molecule has 0 spiro atoms. The molecule has 1 aliphatic rings. The molecule has 1 aromatic carbocycles. The summed E-state index contributed by atoms with van der Waals surface area (Å²) in [5.41, 5.74) is 0.777. The Bertz CT molecular complexity index is 1080. The molecule has 4 rings (SSSR count). The minimum Gasteiger partial charge on any atom is -0.213 e. The van der Waals surface area contributed by atoms with Gasteiger partial charge in [-0.25, -0.2) is 12.7 Å². The Morgan fingerprint density at radius 1 is 1.27 bits per heavy atom. The first kappa shape index (κ1) is 18.1. The van der Waals surface area contributed by atoms with Crippen molar-refractivity contribution in [2.45, 2.75) is 18.8 Å². The average Bonchev–Trinajstić information content (AvgIpc) is 3.14. The van der Waals surface area contributed by atoms with E-state index in [0.717, 1.165) is 18.4 Å². The van der Waals surface area contributed by atoms with Crippen LogP contribution in [0.4, 0.5) is 0 Å². The molecule has 1 fully saturated rings. The zero-order chi connectivity index (χ0) is 18.5. The summed E-state index contributed by atoms with van der Waals surface area (Å²) in [7, 11) is -3.22. The number of nitrogens with zero attached hydrogens (tertiary/aromatic N) is 5. The number of fused-ring (bicyclic) bond motifs is 1. The van der Waals surface area contributed by atoms with Crippen LogP contribution in [-0.4, -0.2) is 51.9 Å². The second kappa shape index (κ2) is 6.72. The summed E-state index contributed by atoms with van der Waals surface area (Å²) in [6, 6.07) is 5.26. The molecule has 0 N–H and O–H groups in total. The highest BCUT2D eigenvalue weighted by molar-refractivity contribution is 7.88. The van der Waals surface area contributed by atoms with E-state index in [0.29, 0.717) is 38.9 Å². The Morgan fingerprint density at radius 2 is 2.08 bits per heavy atom. The maximum Gasteiger partial charge on any atom is 0.234 e. The molecule has 1 atom stereocenters. The third-order valence-electron chi connectivity index (χ3n) is 4.39. The molecule has 1 aliphatic heterocycles. The molecule has 3 aromatic rings. The van der Waals surface area contributed by atoms with E-state index in [1.165, 1.54) is 21.9 Å². The van der Waals surface area contributed by atoms with Crippen LogP contribution in [-0.2, 0) is 10.0 Å². The van der Waals surface area contributed by atoms with Crippen molar-refractivity contribution in [3.05, 3.63) is 34.1 Å². The summed E-state index contributed by atoms with van der Waals surface area (Å²) in [6.45, 7) is 0.939. The maximum absolute atomic E-state index is 11.9. The number of halogens is 2. The number of hydrogen-bond acceptors (Lipinski definition) is 6. The fourth-order valence-electron chi connectivity index (χ4n) is 3.11. The van der Waals surface area contributed by atoms with Gasteiger partial charge in [0.1, 0.15) is 5.01 Å². The Morgan fingerprint density at radius 3 is 2.81 bits per heavy atom. The maximum atomic E-state index is 11.9. The van der Waals surface area contributed by atoms with E-state index in [9.17, 15) is 8.42 Å². The van der Waals surface area contributed by atoms with Crippen molar-refractivity contribution in [3.8, 4) is 10.6 Å². The smallest absolute Gasteiger partial charge is 0.213 e. The van der Waals surface area contributed by atoms with Gasteiger partial charge in [-0.15, -0.1) is 10.2 Å². The minimum absolute atomic E-state index is 0.0379. The van der Waals surface area contributed by atoms with Gasteiger partial charge < -0.3 is 0 Å². The predicted molar refractivity (Wildman–Crippen MR) is 103 cm³/mol. The van der Waals surface area contributed by atoms with E-state index < -0.39 is 10.0 Å². The van der Waals surface area contributed by atoms with Crippen molar-refractivity contribution < 1.29 is 8.42 Å². The van der Waals surface area contributed by atoms with E-state index in [-0.39, 0.29) is 5.92 Å². The molecule has 1 saturated heterocycles. The Hall–Kier alpha value is -1.26. The molecular formula is C15H15Cl2N5O2S2. The Kier molecular flexibility index (Phi) is 4.68. The lowest BCUT2D eigenvalue weighted by molar-refractivity contribution is 0.309. The lowest BCUT2D eigenvalue weighted by Gasteiger charge is -2.29. The standard InChI is InChI=1S/C15H15Cl2N5O2S2/c1-26(23,24)21-6-2-3-9(8-21)13-18-19-15-22(13)20-14(25-15)11-5-4-10(16)7-12(11)17/h4-5,7,9H,2-3,6,8H2,1H3. The van der Waals surface area contributed by atoms with Crippen LogP contribution in [0.2, 0.25) is 10.0 Å². The van der Waals surface area contributed by atoms with Crippen molar-refractivity contribution in [2.24, 2.45) is 0 Å². The van der Waals surface area contributed by atoms with E-state index in [1.54, 1.807) is 16.6 Å². The lowest BCUT2D eigenvalue weighted by atomic mass is 9.99. The van der Waals surface area contributed by atoms with Crippen LogP contribution >= 0.6 is 34.5 Å². The molecule has 0 amide bonds. The summed E-state index contributed by atoms with van der Waals surface area (Å²) in [5.74, 6) is 0.644. The fourth-order valence-corrected chi connectivity index (χ4v) is 5.46. The largest absolute Gasteiger partial charge is 0.234 e. The van der Waals surface area contributed by atoms with E-state index in [4.69, 9.17) is 23.2 Å². The molecule has 0 aliphatic carbocycles. The van der Waals surface area contributed by atoms with Gasteiger partial charge in [0.15, 0.2) is 5.82 Å². The second-order valence-corrected chi connectivity index (χ2v) is 10.0. The van der Waals surface area contributed by atoms with Crippen molar-refractivity contribution in [1.29, 1.82) is 0 Å². The fraction of sp³-hybridized carbons (Fsp3) is 0.400. The quantitative estimate of drug-likeness (QED) is 0.635. The Balaban J connectivity index is 1.70. The highest BCUT2D eigenvalue weighted by Crippen LogP contribution is 2.34. The molecule has 2 aromatic heterocycles. The average molecular weight is 432 g/mol. The first-order valence-electron chi connectivity index (χ1n) is 7.95. The van der Waals surface area contributed by atoms with Crippen LogP contribution in [0.25, 0.3) is 15.5 Å². The number of aromatic nitrogens is 4. The molecule has 1 unspecified atom stereocenters. The minimum atomic E-state index is -3.22. The van der Waals surface area contributed by atoms with Gasteiger partial charge in [-0.05, 0) is 31.0 Å². The van der Waals surface area contributed by atoms with Crippen LogP contribution in [0.5, 0.6) is 0 Å². The van der Waals surface area contributed by atoms with Crippen molar-refractivity contribution in [1.82, 2.24) is 24.1 Å². The molecule has 0 saturated carbocycles. The van der Waals surface area contributed by atoms with Gasteiger partial charge in [0, 0.05) is 29.6 Å². The third-order valence-corrected chi connectivity index (χ3v) is 7.14. The van der Waals surface area contributed by atoms with Gasteiger partial charge in [-0.3, -0.25) is 0 Å². The summed E-state index contributed by atoms with van der Waals surface area (Å²) < 4.78 is 26.9. The van der Waals surface area contributed by atoms with Crippen LogP contribution in [0.3, 0.4) is 0 Å². The molecule has 0 bridgehead atoms. The van der Waals surface area contributed by atoms with Crippen LogP contribution in [0.15, 0.2) is 18.2 Å². The number of benzene rings is 1. The number of piperidine rings is 1. The summed E-state index contributed by atoms with van der Waals surface area (Å²) in [6.07, 6.45) is 2.87. The lowest BCUT2D eigenvalue weighted by Crippen LogP contribution is -2.38. The number of sulfonamides is 1. The van der Waals surface area contributed by atoms with Crippen molar-refractivity contribution >= 4 is 49.5 Å². The van der Waals surface area contributed by atoms with E-state index in [1.807, 2.05) is 6.07 Å².